The molecule has 168 valence electrons. The first-order valence-corrected chi connectivity index (χ1v) is 11.0. The molecule has 1 aliphatic heterocycles. The van der Waals surface area contributed by atoms with Crippen molar-refractivity contribution in [2.45, 2.75) is 26.8 Å². The minimum atomic E-state index is -0.424. The fourth-order valence-corrected chi connectivity index (χ4v) is 3.94. The van der Waals surface area contributed by atoms with Crippen LogP contribution in [-0.2, 0) is 16.1 Å². The Bertz CT molecular complexity index is 1190. The second-order valence-electron chi connectivity index (χ2n) is 8.48. The molecule has 3 amide bonds. The van der Waals surface area contributed by atoms with Crippen molar-refractivity contribution in [1.82, 2.24) is 5.32 Å². The van der Waals surface area contributed by atoms with E-state index in [4.69, 9.17) is 0 Å². The average Bonchev–Trinajstić information content (AvgIpc) is 3.21. The first-order valence-electron chi connectivity index (χ1n) is 11.0. The van der Waals surface area contributed by atoms with Gasteiger partial charge in [-0.2, -0.15) is 0 Å². The zero-order valence-corrected chi connectivity index (χ0v) is 18.8. The highest BCUT2D eigenvalue weighted by Crippen LogP contribution is 2.26. The molecular formula is C27H27N3O3. The van der Waals surface area contributed by atoms with E-state index >= 15 is 0 Å². The first-order chi connectivity index (χ1) is 15.9. The van der Waals surface area contributed by atoms with Crippen molar-refractivity contribution in [3.8, 4) is 0 Å². The molecule has 4 rings (SSSR count). The molecule has 0 aromatic heterocycles. The number of anilines is 2. The number of nitrogens with zero attached hydrogens (tertiary/aromatic N) is 1. The molecule has 1 saturated heterocycles. The molecule has 0 saturated carbocycles. The third kappa shape index (κ3) is 5.47. The SMILES string of the molecule is Cc1ccc(NC(=O)c2cccc(N3C[C@H](C(=O)NCc4cccc(C)c4)CC3=O)c2)cc1. The highest BCUT2D eigenvalue weighted by Gasteiger charge is 2.35. The van der Waals surface area contributed by atoms with E-state index in [0.29, 0.717) is 30.0 Å². The summed E-state index contributed by atoms with van der Waals surface area (Å²) >= 11 is 0. The van der Waals surface area contributed by atoms with Gasteiger partial charge in [0.05, 0.1) is 5.92 Å². The van der Waals surface area contributed by atoms with E-state index < -0.39 is 5.92 Å². The predicted octanol–water partition coefficient (Wildman–Crippen LogP) is 4.23. The van der Waals surface area contributed by atoms with Crippen LogP contribution in [0, 0.1) is 19.8 Å². The largest absolute Gasteiger partial charge is 0.352 e. The number of carbonyl (C=O) groups excluding carboxylic acids is 3. The highest BCUT2D eigenvalue weighted by atomic mass is 16.2. The van der Waals surface area contributed by atoms with Crippen molar-refractivity contribution in [3.63, 3.8) is 0 Å². The number of rotatable bonds is 6. The number of benzene rings is 3. The van der Waals surface area contributed by atoms with Gasteiger partial charge in [-0.25, -0.2) is 0 Å². The molecular weight excluding hydrogens is 414 g/mol. The van der Waals surface area contributed by atoms with Gasteiger partial charge in [0.15, 0.2) is 0 Å². The zero-order valence-electron chi connectivity index (χ0n) is 18.8. The van der Waals surface area contributed by atoms with Gasteiger partial charge in [0, 0.05) is 36.4 Å². The van der Waals surface area contributed by atoms with E-state index in [0.717, 1.165) is 16.7 Å². The lowest BCUT2D eigenvalue weighted by molar-refractivity contribution is -0.126. The molecule has 0 bridgehead atoms. The van der Waals surface area contributed by atoms with Gasteiger partial charge in [0.25, 0.3) is 5.91 Å². The van der Waals surface area contributed by atoms with Crippen LogP contribution in [0.15, 0.2) is 72.8 Å². The number of carbonyl (C=O) groups is 3. The van der Waals surface area contributed by atoms with Gasteiger partial charge in [0.2, 0.25) is 11.8 Å². The predicted molar refractivity (Wildman–Crippen MR) is 129 cm³/mol. The fraction of sp³-hybridized carbons (Fsp3) is 0.222. The smallest absolute Gasteiger partial charge is 0.255 e. The quantitative estimate of drug-likeness (QED) is 0.601. The van der Waals surface area contributed by atoms with E-state index in [1.54, 1.807) is 29.2 Å². The maximum atomic E-state index is 12.7. The van der Waals surface area contributed by atoms with Crippen LogP contribution < -0.4 is 15.5 Å². The molecule has 3 aromatic rings. The Balaban J connectivity index is 1.39. The maximum Gasteiger partial charge on any atom is 0.255 e. The molecule has 33 heavy (non-hydrogen) atoms. The molecule has 1 atom stereocenters. The molecule has 0 unspecified atom stereocenters. The van der Waals surface area contributed by atoms with Gasteiger partial charge in [-0.1, -0.05) is 53.6 Å². The first kappa shape index (κ1) is 22.3. The molecule has 2 N–H and O–H groups in total. The maximum absolute atomic E-state index is 12.7. The number of amides is 3. The molecule has 6 nitrogen and oxygen atoms in total. The van der Waals surface area contributed by atoms with Crippen LogP contribution in [0.2, 0.25) is 0 Å². The second kappa shape index (κ2) is 9.69. The molecule has 0 spiro atoms. The van der Waals surface area contributed by atoms with Gasteiger partial charge in [-0.05, 0) is 49.7 Å². The molecule has 0 radical (unpaired) electrons. The van der Waals surface area contributed by atoms with Gasteiger partial charge >= 0.3 is 0 Å². The van der Waals surface area contributed by atoms with Crippen molar-refractivity contribution >= 4 is 29.1 Å². The van der Waals surface area contributed by atoms with Crippen molar-refractivity contribution in [1.29, 1.82) is 0 Å². The minimum Gasteiger partial charge on any atom is -0.352 e. The standard InChI is InChI=1S/C27H27N3O3/c1-18-9-11-23(12-10-18)29-27(33)21-7-4-8-24(14-21)30-17-22(15-25(30)31)26(32)28-16-20-6-3-5-19(2)13-20/h3-14,22H,15-17H2,1-2H3,(H,28,32)(H,29,33)/t22-/m1/s1. The Kier molecular flexibility index (Phi) is 6.54. The van der Waals surface area contributed by atoms with Crippen LogP contribution >= 0.6 is 0 Å². The topological polar surface area (TPSA) is 78.5 Å². The van der Waals surface area contributed by atoms with Crippen molar-refractivity contribution in [3.05, 3.63) is 95.1 Å². The zero-order chi connectivity index (χ0) is 23.4. The summed E-state index contributed by atoms with van der Waals surface area (Å²) in [7, 11) is 0. The Morgan fingerprint density at radius 3 is 2.45 bits per heavy atom. The van der Waals surface area contributed by atoms with Crippen molar-refractivity contribution in [2.24, 2.45) is 5.92 Å². The van der Waals surface area contributed by atoms with Gasteiger partial charge in [-0.3, -0.25) is 14.4 Å². The summed E-state index contributed by atoms with van der Waals surface area (Å²) in [4.78, 5) is 39.6. The molecule has 3 aromatic carbocycles. The summed E-state index contributed by atoms with van der Waals surface area (Å²) in [5, 5.41) is 5.81. The number of hydrogen-bond acceptors (Lipinski definition) is 3. The Labute approximate surface area is 193 Å². The molecule has 1 fully saturated rings. The normalized spacial score (nSPS) is 15.4. The Morgan fingerprint density at radius 1 is 0.939 bits per heavy atom. The second-order valence-corrected chi connectivity index (χ2v) is 8.48. The summed E-state index contributed by atoms with van der Waals surface area (Å²) < 4.78 is 0. The Hall–Kier alpha value is -3.93. The number of nitrogens with one attached hydrogen (secondary N) is 2. The third-order valence-corrected chi connectivity index (χ3v) is 5.77. The van der Waals surface area contributed by atoms with E-state index in [9.17, 15) is 14.4 Å². The molecule has 6 heteroatoms. The summed E-state index contributed by atoms with van der Waals surface area (Å²) in [6.45, 7) is 4.72. The fourth-order valence-electron chi connectivity index (χ4n) is 3.94. The summed E-state index contributed by atoms with van der Waals surface area (Å²) in [5.74, 6) is -0.936. The van der Waals surface area contributed by atoms with E-state index in [-0.39, 0.29) is 24.1 Å². The lowest BCUT2D eigenvalue weighted by Gasteiger charge is -2.18. The van der Waals surface area contributed by atoms with Crippen LogP contribution in [0.5, 0.6) is 0 Å². The van der Waals surface area contributed by atoms with Crippen molar-refractivity contribution in [2.75, 3.05) is 16.8 Å². The highest BCUT2D eigenvalue weighted by molar-refractivity contribution is 6.06. The van der Waals surface area contributed by atoms with Crippen LogP contribution in [0.1, 0.15) is 33.5 Å². The summed E-state index contributed by atoms with van der Waals surface area (Å²) in [6, 6.07) is 22.4. The van der Waals surface area contributed by atoms with Gasteiger partial charge in [0.1, 0.15) is 0 Å². The van der Waals surface area contributed by atoms with Crippen molar-refractivity contribution < 1.29 is 14.4 Å². The van der Waals surface area contributed by atoms with Crippen LogP contribution in [-0.4, -0.2) is 24.3 Å². The van der Waals surface area contributed by atoms with Gasteiger partial charge in [-0.15, -0.1) is 0 Å². The van der Waals surface area contributed by atoms with E-state index in [1.807, 2.05) is 62.4 Å². The van der Waals surface area contributed by atoms with Gasteiger partial charge < -0.3 is 15.5 Å². The number of hydrogen-bond donors (Lipinski definition) is 2. The lowest BCUT2D eigenvalue weighted by atomic mass is 10.1. The van der Waals surface area contributed by atoms with Crippen LogP contribution in [0.25, 0.3) is 0 Å². The Morgan fingerprint density at radius 2 is 1.70 bits per heavy atom. The van der Waals surface area contributed by atoms with E-state index in [1.165, 1.54) is 0 Å². The minimum absolute atomic E-state index is 0.123. The average molecular weight is 442 g/mol. The van der Waals surface area contributed by atoms with E-state index in [2.05, 4.69) is 10.6 Å². The summed E-state index contributed by atoms with van der Waals surface area (Å²) in [6.07, 6.45) is 0.152. The number of aryl methyl sites for hydroxylation is 2. The summed E-state index contributed by atoms with van der Waals surface area (Å²) in [5.41, 5.74) is 5.05. The monoisotopic (exact) mass is 441 g/mol. The molecule has 1 heterocycles. The van der Waals surface area contributed by atoms with Crippen LogP contribution in [0.4, 0.5) is 11.4 Å². The molecule has 1 aliphatic rings. The van der Waals surface area contributed by atoms with Crippen LogP contribution in [0.3, 0.4) is 0 Å². The molecule has 0 aliphatic carbocycles. The third-order valence-electron chi connectivity index (χ3n) is 5.77. The lowest BCUT2D eigenvalue weighted by Crippen LogP contribution is -2.32.